The minimum atomic E-state index is -3.10. The predicted molar refractivity (Wildman–Crippen MR) is 85.4 cm³/mol. The molecular weight excluding hydrogens is 284 g/mol. The number of sulfone groups is 1. The van der Waals surface area contributed by atoms with E-state index in [9.17, 15) is 8.42 Å². The van der Waals surface area contributed by atoms with Crippen molar-refractivity contribution < 1.29 is 8.42 Å². The molecule has 3 aliphatic heterocycles. The normalized spacial score (nSPS) is 28.5. The van der Waals surface area contributed by atoms with Gasteiger partial charge in [0.05, 0.1) is 10.6 Å². The second kappa shape index (κ2) is 5.97. The van der Waals surface area contributed by atoms with E-state index in [4.69, 9.17) is 0 Å². The third kappa shape index (κ3) is 3.24. The third-order valence-corrected chi connectivity index (χ3v) is 6.63. The molecule has 4 nitrogen and oxygen atoms in total. The van der Waals surface area contributed by atoms with E-state index in [1.807, 2.05) is 19.1 Å². The third-order valence-electron chi connectivity index (χ3n) is 4.69. The predicted octanol–water partition coefficient (Wildman–Crippen LogP) is 2.38. The van der Waals surface area contributed by atoms with Crippen molar-refractivity contribution in [2.24, 2.45) is 5.92 Å². The van der Waals surface area contributed by atoms with Gasteiger partial charge in [0, 0.05) is 18.3 Å². The van der Waals surface area contributed by atoms with Crippen LogP contribution in [0, 0.1) is 5.92 Å². The molecule has 1 atom stereocenters. The van der Waals surface area contributed by atoms with Gasteiger partial charge in [-0.05, 0) is 62.5 Å². The van der Waals surface area contributed by atoms with E-state index in [2.05, 4.69) is 10.2 Å². The summed E-state index contributed by atoms with van der Waals surface area (Å²) in [5.41, 5.74) is 1.03. The maximum Gasteiger partial charge on any atom is 0.178 e. The molecule has 116 valence electrons. The van der Waals surface area contributed by atoms with E-state index < -0.39 is 9.84 Å². The van der Waals surface area contributed by atoms with Crippen molar-refractivity contribution in [3.05, 3.63) is 24.3 Å². The van der Waals surface area contributed by atoms with Crippen molar-refractivity contribution in [2.45, 2.75) is 37.1 Å². The maximum absolute atomic E-state index is 12.0. The first-order valence-electron chi connectivity index (χ1n) is 7.90. The Bertz CT molecular complexity index is 575. The Morgan fingerprint density at radius 3 is 2.38 bits per heavy atom. The molecular formula is C16H24N2O2S. The summed E-state index contributed by atoms with van der Waals surface area (Å²) in [6.45, 7) is 5.47. The fourth-order valence-corrected chi connectivity index (χ4v) is 4.81. The number of nitrogens with one attached hydrogen (secondary N) is 1. The Morgan fingerprint density at radius 1 is 1.19 bits per heavy atom. The summed E-state index contributed by atoms with van der Waals surface area (Å²) < 4.78 is 24.0. The first-order valence-corrected chi connectivity index (χ1v) is 9.55. The van der Waals surface area contributed by atoms with Crippen molar-refractivity contribution >= 4 is 15.5 Å². The Labute approximate surface area is 127 Å². The van der Waals surface area contributed by atoms with Gasteiger partial charge >= 0.3 is 0 Å². The van der Waals surface area contributed by atoms with Crippen LogP contribution in [0.3, 0.4) is 0 Å². The summed E-state index contributed by atoms with van der Waals surface area (Å²) >= 11 is 0. The topological polar surface area (TPSA) is 49.4 Å². The first-order chi connectivity index (χ1) is 10.1. The van der Waals surface area contributed by atoms with E-state index in [0.29, 0.717) is 17.4 Å². The van der Waals surface area contributed by atoms with Gasteiger partial charge in [-0.15, -0.1) is 0 Å². The Balaban J connectivity index is 1.68. The number of nitrogens with zero attached hydrogens (tertiary/aromatic N) is 1. The van der Waals surface area contributed by atoms with E-state index in [1.165, 1.54) is 25.9 Å². The Hall–Kier alpha value is -1.07. The molecule has 5 heteroatoms. The highest BCUT2D eigenvalue weighted by atomic mass is 32.2. The number of hydrogen-bond donors (Lipinski definition) is 1. The standard InChI is InChI=1S/C16H24N2O2S/c1-2-11-21(19,20)15-5-3-14(4-6-15)17-16-12-18-9-7-13(16)8-10-18/h3-6,13,16-17H,2,7-12H2,1H3. The summed E-state index contributed by atoms with van der Waals surface area (Å²) in [4.78, 5) is 2.95. The van der Waals surface area contributed by atoms with Gasteiger partial charge in [-0.25, -0.2) is 8.42 Å². The number of hydrogen-bond acceptors (Lipinski definition) is 4. The van der Waals surface area contributed by atoms with E-state index in [0.717, 1.165) is 18.2 Å². The monoisotopic (exact) mass is 308 g/mol. The van der Waals surface area contributed by atoms with Crippen molar-refractivity contribution in [3.63, 3.8) is 0 Å². The minimum absolute atomic E-state index is 0.222. The molecule has 1 N–H and O–H groups in total. The molecule has 3 aliphatic rings. The number of rotatable bonds is 5. The highest BCUT2D eigenvalue weighted by molar-refractivity contribution is 7.91. The van der Waals surface area contributed by atoms with Crippen LogP contribution in [-0.2, 0) is 9.84 Å². The molecule has 1 aromatic rings. The first kappa shape index (κ1) is 14.9. The lowest BCUT2D eigenvalue weighted by atomic mass is 9.84. The van der Waals surface area contributed by atoms with Crippen LogP contribution in [0.4, 0.5) is 5.69 Å². The molecule has 21 heavy (non-hydrogen) atoms. The van der Waals surface area contributed by atoms with Crippen molar-refractivity contribution in [1.29, 1.82) is 0 Å². The van der Waals surface area contributed by atoms with Gasteiger partial charge in [-0.3, -0.25) is 0 Å². The van der Waals surface area contributed by atoms with Gasteiger partial charge in [-0.2, -0.15) is 0 Å². The van der Waals surface area contributed by atoms with Gasteiger partial charge in [0.15, 0.2) is 9.84 Å². The molecule has 1 unspecified atom stereocenters. The van der Waals surface area contributed by atoms with E-state index >= 15 is 0 Å². The van der Waals surface area contributed by atoms with Crippen LogP contribution in [0.15, 0.2) is 29.2 Å². The molecule has 3 heterocycles. The number of benzene rings is 1. The van der Waals surface area contributed by atoms with Gasteiger partial charge < -0.3 is 10.2 Å². The zero-order valence-corrected chi connectivity index (χ0v) is 13.4. The highest BCUT2D eigenvalue weighted by Crippen LogP contribution is 2.30. The van der Waals surface area contributed by atoms with E-state index in [1.54, 1.807) is 12.1 Å². The molecule has 0 radical (unpaired) electrons. The van der Waals surface area contributed by atoms with Crippen LogP contribution in [0.1, 0.15) is 26.2 Å². The van der Waals surface area contributed by atoms with E-state index in [-0.39, 0.29) is 5.75 Å². The maximum atomic E-state index is 12.0. The van der Waals surface area contributed by atoms with Gasteiger partial charge in [0.25, 0.3) is 0 Å². The second-order valence-electron chi connectivity index (χ2n) is 6.23. The molecule has 4 rings (SSSR count). The molecule has 0 aromatic heterocycles. The van der Waals surface area contributed by atoms with Crippen LogP contribution in [-0.4, -0.2) is 44.7 Å². The zero-order valence-electron chi connectivity index (χ0n) is 12.6. The minimum Gasteiger partial charge on any atom is -0.381 e. The number of piperidine rings is 3. The highest BCUT2D eigenvalue weighted by Gasteiger charge is 2.33. The van der Waals surface area contributed by atoms with Crippen LogP contribution >= 0.6 is 0 Å². The molecule has 0 amide bonds. The molecule has 1 aromatic carbocycles. The molecule has 0 aliphatic carbocycles. The number of anilines is 1. The summed E-state index contributed by atoms with van der Waals surface area (Å²) in [7, 11) is -3.10. The Morgan fingerprint density at radius 2 is 1.86 bits per heavy atom. The van der Waals surface area contributed by atoms with Crippen molar-refractivity contribution in [3.8, 4) is 0 Å². The van der Waals surface area contributed by atoms with Crippen LogP contribution in [0.2, 0.25) is 0 Å². The van der Waals surface area contributed by atoms with Crippen LogP contribution in [0.5, 0.6) is 0 Å². The molecule has 3 saturated heterocycles. The summed E-state index contributed by atoms with van der Waals surface area (Å²) in [6.07, 6.45) is 3.21. The second-order valence-corrected chi connectivity index (χ2v) is 8.34. The number of fused-ring (bicyclic) bond motifs is 3. The Kier molecular flexibility index (Phi) is 4.22. The molecule has 0 spiro atoms. The summed E-state index contributed by atoms with van der Waals surface area (Å²) in [5.74, 6) is 0.984. The molecule has 3 fully saturated rings. The average molecular weight is 308 g/mol. The smallest absolute Gasteiger partial charge is 0.178 e. The van der Waals surface area contributed by atoms with Gasteiger partial charge in [0.1, 0.15) is 0 Å². The van der Waals surface area contributed by atoms with Crippen molar-refractivity contribution in [1.82, 2.24) is 4.90 Å². The summed E-state index contributed by atoms with van der Waals surface area (Å²) in [5, 5.41) is 3.59. The lowest BCUT2D eigenvalue weighted by Gasteiger charge is -2.45. The fourth-order valence-electron chi connectivity index (χ4n) is 3.49. The zero-order chi connectivity index (χ0) is 14.9. The average Bonchev–Trinajstić information content (AvgIpc) is 2.49. The quantitative estimate of drug-likeness (QED) is 0.907. The largest absolute Gasteiger partial charge is 0.381 e. The van der Waals surface area contributed by atoms with Crippen molar-refractivity contribution in [2.75, 3.05) is 30.7 Å². The molecule has 0 saturated carbocycles. The van der Waals surface area contributed by atoms with Crippen LogP contribution in [0.25, 0.3) is 0 Å². The fraction of sp³-hybridized carbons (Fsp3) is 0.625. The van der Waals surface area contributed by atoms with Crippen LogP contribution < -0.4 is 5.32 Å². The molecule has 2 bridgehead atoms. The lowest BCUT2D eigenvalue weighted by Crippen LogP contribution is -2.53. The lowest BCUT2D eigenvalue weighted by molar-refractivity contribution is 0.0975. The van der Waals surface area contributed by atoms with Gasteiger partial charge in [0.2, 0.25) is 0 Å². The SMILES string of the molecule is CCCS(=O)(=O)c1ccc(NC2CN3CCC2CC3)cc1. The van der Waals surface area contributed by atoms with Gasteiger partial charge in [-0.1, -0.05) is 6.92 Å². The summed E-state index contributed by atoms with van der Waals surface area (Å²) in [6, 6.07) is 7.77.